The van der Waals surface area contributed by atoms with Crippen molar-refractivity contribution in [2.24, 2.45) is 5.92 Å². The number of aromatic nitrogens is 1. The van der Waals surface area contributed by atoms with Gasteiger partial charge in [-0.05, 0) is 66.3 Å². The van der Waals surface area contributed by atoms with Gasteiger partial charge >= 0.3 is 0 Å². The third kappa shape index (κ3) is 3.13. The Balaban J connectivity index is 1.81. The van der Waals surface area contributed by atoms with E-state index in [2.05, 4.69) is 39.8 Å². The number of fused-ring (bicyclic) bond motifs is 1. The van der Waals surface area contributed by atoms with Gasteiger partial charge in [-0.25, -0.2) is 4.98 Å². The van der Waals surface area contributed by atoms with Gasteiger partial charge in [0.1, 0.15) is 0 Å². The van der Waals surface area contributed by atoms with E-state index < -0.39 is 0 Å². The summed E-state index contributed by atoms with van der Waals surface area (Å²) in [5.41, 5.74) is 3.01. The molecule has 1 aromatic heterocycles. The molecule has 1 amide bonds. The standard InChI is InChI=1S/C16H17IN2OS/c1-9-6-7-12-13(8-9)21-16(18-12)19-15(20)11-5-3-4-10(2)14(11)17/h3-5,9H,6-8H2,1-2H3,(H,18,19,20). The van der Waals surface area contributed by atoms with Gasteiger partial charge in [0, 0.05) is 8.45 Å². The number of carbonyl (C=O) groups excluding carboxylic acids is 1. The Hall–Kier alpha value is -0.950. The first-order valence-corrected chi connectivity index (χ1v) is 8.99. The Morgan fingerprint density at radius 1 is 1.48 bits per heavy atom. The summed E-state index contributed by atoms with van der Waals surface area (Å²) in [6.45, 7) is 4.29. The van der Waals surface area contributed by atoms with Crippen LogP contribution in [0.4, 0.5) is 5.13 Å². The maximum Gasteiger partial charge on any atom is 0.258 e. The smallest absolute Gasteiger partial charge is 0.258 e. The molecule has 1 aliphatic rings. The third-order valence-corrected chi connectivity index (χ3v) is 6.31. The number of thiazole rings is 1. The molecular weight excluding hydrogens is 395 g/mol. The quantitative estimate of drug-likeness (QED) is 0.742. The van der Waals surface area contributed by atoms with Crippen LogP contribution in [0.2, 0.25) is 0 Å². The fourth-order valence-electron chi connectivity index (χ4n) is 2.58. The van der Waals surface area contributed by atoms with Crippen molar-refractivity contribution in [3.05, 3.63) is 43.5 Å². The lowest BCUT2D eigenvalue weighted by Gasteiger charge is -2.15. The summed E-state index contributed by atoms with van der Waals surface area (Å²) >= 11 is 3.85. The van der Waals surface area contributed by atoms with Crippen LogP contribution in [0.1, 0.15) is 39.8 Å². The second-order valence-corrected chi connectivity index (χ2v) is 7.79. The van der Waals surface area contributed by atoms with Crippen molar-refractivity contribution < 1.29 is 4.79 Å². The maximum absolute atomic E-state index is 12.4. The zero-order valence-corrected chi connectivity index (χ0v) is 15.0. The number of hydrogen-bond donors (Lipinski definition) is 1. The van der Waals surface area contributed by atoms with E-state index in [1.807, 2.05) is 25.1 Å². The van der Waals surface area contributed by atoms with E-state index in [0.29, 0.717) is 0 Å². The van der Waals surface area contributed by atoms with Crippen LogP contribution >= 0.6 is 33.9 Å². The molecular formula is C16H17IN2OS. The predicted octanol–water partition coefficient (Wildman–Crippen LogP) is 4.43. The molecule has 3 nitrogen and oxygen atoms in total. The minimum atomic E-state index is -0.0674. The largest absolute Gasteiger partial charge is 0.298 e. The minimum Gasteiger partial charge on any atom is -0.298 e. The van der Waals surface area contributed by atoms with Crippen LogP contribution in [0.3, 0.4) is 0 Å². The van der Waals surface area contributed by atoms with E-state index in [-0.39, 0.29) is 5.91 Å². The lowest BCUT2D eigenvalue weighted by atomic mass is 9.93. The van der Waals surface area contributed by atoms with Gasteiger partial charge in [0.15, 0.2) is 5.13 Å². The van der Waals surface area contributed by atoms with Crippen LogP contribution < -0.4 is 5.32 Å². The molecule has 3 rings (SSSR count). The zero-order valence-electron chi connectivity index (χ0n) is 12.1. The molecule has 0 bridgehead atoms. The number of nitrogens with one attached hydrogen (secondary N) is 1. The number of aryl methyl sites for hydroxylation is 2. The summed E-state index contributed by atoms with van der Waals surface area (Å²) < 4.78 is 1.00. The SMILES string of the molecule is Cc1cccc(C(=O)Nc2nc3c(s2)CC(C)CC3)c1I. The number of nitrogens with zero attached hydrogens (tertiary/aromatic N) is 1. The van der Waals surface area contributed by atoms with E-state index >= 15 is 0 Å². The van der Waals surface area contributed by atoms with Crippen LogP contribution in [0.25, 0.3) is 0 Å². The number of carbonyl (C=O) groups is 1. The molecule has 1 atom stereocenters. The van der Waals surface area contributed by atoms with Crippen LogP contribution in [-0.4, -0.2) is 10.9 Å². The molecule has 110 valence electrons. The lowest BCUT2D eigenvalue weighted by molar-refractivity contribution is 0.102. The van der Waals surface area contributed by atoms with Crippen molar-refractivity contribution in [1.82, 2.24) is 4.98 Å². The number of benzene rings is 1. The molecule has 1 N–H and O–H groups in total. The van der Waals surface area contributed by atoms with Crippen LogP contribution in [0, 0.1) is 16.4 Å². The molecule has 0 saturated carbocycles. The van der Waals surface area contributed by atoms with Gasteiger partial charge in [-0.3, -0.25) is 10.1 Å². The molecule has 1 heterocycles. The number of amides is 1. The second kappa shape index (κ2) is 6.04. The molecule has 0 radical (unpaired) electrons. The van der Waals surface area contributed by atoms with E-state index in [0.717, 1.165) is 38.6 Å². The number of rotatable bonds is 2. The molecule has 0 spiro atoms. The van der Waals surface area contributed by atoms with Gasteiger partial charge < -0.3 is 0 Å². The molecule has 0 aliphatic heterocycles. The van der Waals surface area contributed by atoms with E-state index in [1.54, 1.807) is 11.3 Å². The molecule has 0 saturated heterocycles. The van der Waals surface area contributed by atoms with Gasteiger partial charge in [0.2, 0.25) is 0 Å². The van der Waals surface area contributed by atoms with E-state index in [1.165, 1.54) is 17.0 Å². The van der Waals surface area contributed by atoms with Gasteiger partial charge in [0.05, 0.1) is 11.3 Å². The fourth-order valence-corrected chi connectivity index (χ4v) is 4.35. The summed E-state index contributed by atoms with van der Waals surface area (Å²) in [5.74, 6) is 0.654. The first-order valence-electron chi connectivity index (χ1n) is 7.09. The summed E-state index contributed by atoms with van der Waals surface area (Å²) in [4.78, 5) is 18.3. The van der Waals surface area contributed by atoms with E-state index in [9.17, 15) is 4.79 Å². The molecule has 5 heteroatoms. The number of halogens is 1. The Bertz CT molecular complexity index is 696. The van der Waals surface area contributed by atoms with Crippen molar-refractivity contribution in [1.29, 1.82) is 0 Å². The molecule has 0 fully saturated rings. The van der Waals surface area contributed by atoms with Crippen molar-refractivity contribution in [3.8, 4) is 0 Å². The summed E-state index contributed by atoms with van der Waals surface area (Å²) in [6.07, 6.45) is 3.32. The lowest BCUT2D eigenvalue weighted by Crippen LogP contribution is -2.14. The highest BCUT2D eigenvalue weighted by molar-refractivity contribution is 14.1. The van der Waals surface area contributed by atoms with Crippen molar-refractivity contribution in [2.75, 3.05) is 5.32 Å². The highest BCUT2D eigenvalue weighted by Gasteiger charge is 2.21. The Morgan fingerprint density at radius 3 is 3.10 bits per heavy atom. The number of hydrogen-bond acceptors (Lipinski definition) is 3. The predicted molar refractivity (Wildman–Crippen MR) is 95.2 cm³/mol. The first kappa shape index (κ1) is 15.0. The minimum absolute atomic E-state index is 0.0674. The fraction of sp³-hybridized carbons (Fsp3) is 0.375. The Labute approximate surface area is 142 Å². The van der Waals surface area contributed by atoms with Gasteiger partial charge in [-0.2, -0.15) is 0 Å². The van der Waals surface area contributed by atoms with Gasteiger partial charge in [0.25, 0.3) is 5.91 Å². The summed E-state index contributed by atoms with van der Waals surface area (Å²) in [5, 5.41) is 3.69. The molecule has 1 unspecified atom stereocenters. The monoisotopic (exact) mass is 412 g/mol. The molecule has 1 aromatic carbocycles. The average Bonchev–Trinajstić information content (AvgIpc) is 2.83. The topological polar surface area (TPSA) is 42.0 Å². The van der Waals surface area contributed by atoms with Crippen molar-refractivity contribution in [3.63, 3.8) is 0 Å². The normalized spacial score (nSPS) is 17.4. The highest BCUT2D eigenvalue weighted by atomic mass is 127. The first-order chi connectivity index (χ1) is 10.0. The Kier molecular flexibility index (Phi) is 4.31. The van der Waals surface area contributed by atoms with Gasteiger partial charge in [-0.1, -0.05) is 19.1 Å². The molecule has 2 aromatic rings. The zero-order chi connectivity index (χ0) is 15.0. The van der Waals surface area contributed by atoms with Crippen molar-refractivity contribution in [2.45, 2.75) is 33.1 Å². The van der Waals surface area contributed by atoms with Crippen LogP contribution in [0.15, 0.2) is 18.2 Å². The average molecular weight is 412 g/mol. The van der Waals surface area contributed by atoms with Crippen LogP contribution in [0.5, 0.6) is 0 Å². The van der Waals surface area contributed by atoms with Crippen molar-refractivity contribution >= 4 is 45.0 Å². The van der Waals surface area contributed by atoms with Crippen LogP contribution in [-0.2, 0) is 12.8 Å². The second-order valence-electron chi connectivity index (χ2n) is 5.63. The highest BCUT2D eigenvalue weighted by Crippen LogP contribution is 2.32. The van der Waals surface area contributed by atoms with Gasteiger partial charge in [-0.15, -0.1) is 11.3 Å². The third-order valence-electron chi connectivity index (χ3n) is 3.84. The molecule has 1 aliphatic carbocycles. The summed E-state index contributed by atoms with van der Waals surface area (Å²) in [6, 6.07) is 5.79. The summed E-state index contributed by atoms with van der Waals surface area (Å²) in [7, 11) is 0. The Morgan fingerprint density at radius 2 is 2.29 bits per heavy atom. The van der Waals surface area contributed by atoms with E-state index in [4.69, 9.17) is 0 Å². The number of anilines is 1. The maximum atomic E-state index is 12.4. The molecule has 21 heavy (non-hydrogen) atoms.